The van der Waals surface area contributed by atoms with Crippen LogP contribution in [0.5, 0.6) is 5.75 Å². The number of esters is 1. The summed E-state index contributed by atoms with van der Waals surface area (Å²) >= 11 is 6.29. The number of thiazole rings is 1. The van der Waals surface area contributed by atoms with Crippen molar-refractivity contribution in [1.29, 1.82) is 0 Å². The van der Waals surface area contributed by atoms with Gasteiger partial charge in [-0.15, -0.1) is 11.3 Å². The van der Waals surface area contributed by atoms with E-state index >= 15 is 0 Å². The number of ether oxygens (including phenoxy) is 2. The van der Waals surface area contributed by atoms with Crippen LogP contribution in [-0.2, 0) is 9.53 Å². The average molecular weight is 547 g/mol. The largest absolute Gasteiger partial charge is 0.490 e. The molecule has 0 bridgehead atoms. The Kier molecular flexibility index (Phi) is 7.02. The van der Waals surface area contributed by atoms with Crippen molar-refractivity contribution in [3.63, 3.8) is 0 Å². The van der Waals surface area contributed by atoms with Gasteiger partial charge in [0, 0.05) is 14.9 Å². The van der Waals surface area contributed by atoms with Gasteiger partial charge in [0.15, 0.2) is 4.80 Å². The number of rotatable bonds is 6. The molecule has 0 radical (unpaired) electrons. The van der Waals surface area contributed by atoms with Crippen LogP contribution in [0.4, 0.5) is 0 Å². The summed E-state index contributed by atoms with van der Waals surface area (Å²) in [5.74, 6) is 0.239. The van der Waals surface area contributed by atoms with Gasteiger partial charge in [-0.2, -0.15) is 0 Å². The van der Waals surface area contributed by atoms with Crippen LogP contribution in [0.25, 0.3) is 6.08 Å². The van der Waals surface area contributed by atoms with Gasteiger partial charge in [0.2, 0.25) is 0 Å². The molecular formula is C24H23BrN2O4S2. The molecule has 33 heavy (non-hydrogen) atoms. The molecule has 0 saturated heterocycles. The Hall–Kier alpha value is -2.49. The zero-order chi connectivity index (χ0) is 23.7. The predicted octanol–water partition coefficient (Wildman–Crippen LogP) is 4.41. The van der Waals surface area contributed by atoms with Crippen LogP contribution < -0.4 is 19.6 Å². The summed E-state index contributed by atoms with van der Waals surface area (Å²) in [6, 6.07) is 8.96. The quantitative estimate of drug-likeness (QED) is 0.429. The number of carbonyl (C=O) groups is 1. The maximum Gasteiger partial charge on any atom is 0.338 e. The number of hydrogen-bond acceptors (Lipinski definition) is 7. The Morgan fingerprint density at radius 3 is 2.79 bits per heavy atom. The average Bonchev–Trinajstić information content (AvgIpc) is 3.38. The van der Waals surface area contributed by atoms with Gasteiger partial charge in [0.1, 0.15) is 11.8 Å². The van der Waals surface area contributed by atoms with Gasteiger partial charge in [-0.05, 0) is 63.4 Å². The van der Waals surface area contributed by atoms with Gasteiger partial charge in [-0.1, -0.05) is 33.3 Å². The molecule has 1 atom stereocenters. The van der Waals surface area contributed by atoms with E-state index in [-0.39, 0.29) is 18.3 Å². The van der Waals surface area contributed by atoms with Gasteiger partial charge in [-0.25, -0.2) is 9.79 Å². The Bertz CT molecular complexity index is 1400. The highest BCUT2D eigenvalue weighted by molar-refractivity contribution is 9.10. The number of hydrogen-bond donors (Lipinski definition) is 0. The van der Waals surface area contributed by atoms with E-state index < -0.39 is 12.0 Å². The normalized spacial score (nSPS) is 16.1. The summed E-state index contributed by atoms with van der Waals surface area (Å²) in [6.07, 6.45) is 1.81. The molecule has 1 aromatic carbocycles. The molecule has 0 aliphatic carbocycles. The maximum atomic E-state index is 13.6. The number of allylic oxidation sites excluding steroid dienone is 1. The standard InChI is InChI=1S/C24H23BrN2O4S2/c1-5-30-23(29)20-14(4)26-24-27(21(20)18-7-6-10-32-18)22(28)19(33-24)12-15-11-16(25)8-9-17(15)31-13(2)3/h6-13,21H,5H2,1-4H3/b19-12+/t21-/m0/s1. The second-order valence-corrected chi connectivity index (χ2v) is 10.6. The summed E-state index contributed by atoms with van der Waals surface area (Å²) in [4.78, 5) is 32.5. The Labute approximate surface area is 207 Å². The summed E-state index contributed by atoms with van der Waals surface area (Å²) < 4.78 is 14.2. The number of benzene rings is 1. The third kappa shape index (κ3) is 4.76. The van der Waals surface area contributed by atoms with Crippen molar-refractivity contribution in [2.45, 2.75) is 39.8 Å². The van der Waals surface area contributed by atoms with Gasteiger partial charge < -0.3 is 9.47 Å². The topological polar surface area (TPSA) is 69.9 Å². The molecule has 0 saturated carbocycles. The van der Waals surface area contributed by atoms with Crippen LogP contribution in [0, 0.1) is 0 Å². The fourth-order valence-corrected chi connectivity index (χ4v) is 5.88. The fraction of sp³-hybridized carbons (Fsp3) is 0.292. The zero-order valence-corrected chi connectivity index (χ0v) is 21.8. The number of fused-ring (bicyclic) bond motifs is 1. The molecule has 0 N–H and O–H groups in total. The molecule has 0 fully saturated rings. The van der Waals surface area contributed by atoms with E-state index in [2.05, 4.69) is 20.9 Å². The van der Waals surface area contributed by atoms with Crippen LogP contribution in [-0.4, -0.2) is 23.2 Å². The van der Waals surface area contributed by atoms with Gasteiger partial charge >= 0.3 is 5.97 Å². The van der Waals surface area contributed by atoms with E-state index in [9.17, 15) is 9.59 Å². The lowest BCUT2D eigenvalue weighted by atomic mass is 10.0. The molecule has 6 nitrogen and oxygen atoms in total. The lowest BCUT2D eigenvalue weighted by Crippen LogP contribution is -2.39. The number of nitrogens with zero attached hydrogens (tertiary/aromatic N) is 2. The van der Waals surface area contributed by atoms with Crippen LogP contribution in [0.15, 0.2) is 61.2 Å². The van der Waals surface area contributed by atoms with Crippen molar-refractivity contribution in [3.05, 3.63) is 81.6 Å². The second-order valence-electron chi connectivity index (χ2n) is 7.67. The first-order valence-electron chi connectivity index (χ1n) is 10.5. The summed E-state index contributed by atoms with van der Waals surface area (Å²) in [5.41, 5.74) is 1.54. The zero-order valence-electron chi connectivity index (χ0n) is 18.6. The van der Waals surface area contributed by atoms with Crippen LogP contribution in [0.1, 0.15) is 44.2 Å². The predicted molar refractivity (Wildman–Crippen MR) is 135 cm³/mol. The SMILES string of the molecule is CCOC(=O)C1=C(C)N=c2s/c(=C/c3cc(Br)ccc3OC(C)C)c(=O)n2[C@H]1c1cccs1. The summed E-state index contributed by atoms with van der Waals surface area (Å²) in [5, 5.41) is 1.93. The van der Waals surface area contributed by atoms with E-state index in [4.69, 9.17) is 9.47 Å². The molecule has 3 aromatic rings. The first kappa shape index (κ1) is 23.7. The molecule has 172 valence electrons. The number of thiophene rings is 1. The monoisotopic (exact) mass is 546 g/mol. The highest BCUT2D eigenvalue weighted by atomic mass is 79.9. The van der Waals surface area contributed by atoms with E-state index in [0.29, 0.717) is 26.4 Å². The van der Waals surface area contributed by atoms with E-state index in [1.165, 1.54) is 22.7 Å². The lowest BCUT2D eigenvalue weighted by molar-refractivity contribution is -0.139. The summed E-state index contributed by atoms with van der Waals surface area (Å²) in [7, 11) is 0. The van der Waals surface area contributed by atoms with Crippen molar-refractivity contribution in [1.82, 2.24) is 4.57 Å². The van der Waals surface area contributed by atoms with Crippen molar-refractivity contribution in [3.8, 4) is 5.75 Å². The molecular weight excluding hydrogens is 524 g/mol. The third-order valence-electron chi connectivity index (χ3n) is 4.95. The Morgan fingerprint density at radius 1 is 1.33 bits per heavy atom. The molecule has 0 amide bonds. The number of halogens is 1. The van der Waals surface area contributed by atoms with Gasteiger partial charge in [0.05, 0.1) is 28.5 Å². The van der Waals surface area contributed by atoms with Crippen LogP contribution >= 0.6 is 38.6 Å². The summed E-state index contributed by atoms with van der Waals surface area (Å²) in [6.45, 7) is 7.71. The Balaban J connectivity index is 1.93. The van der Waals surface area contributed by atoms with Crippen molar-refractivity contribution in [2.75, 3.05) is 6.61 Å². The molecule has 4 rings (SSSR count). The first-order valence-corrected chi connectivity index (χ1v) is 13.0. The van der Waals surface area contributed by atoms with Gasteiger partial charge in [0.25, 0.3) is 5.56 Å². The minimum Gasteiger partial charge on any atom is -0.490 e. The molecule has 0 unspecified atom stereocenters. The maximum absolute atomic E-state index is 13.6. The third-order valence-corrected chi connectivity index (χ3v) is 7.35. The minimum absolute atomic E-state index is 0.00633. The highest BCUT2D eigenvalue weighted by Crippen LogP contribution is 2.33. The minimum atomic E-state index is -0.573. The van der Waals surface area contributed by atoms with Crippen LogP contribution in [0.3, 0.4) is 0 Å². The second kappa shape index (κ2) is 9.79. The molecule has 1 aliphatic heterocycles. The van der Waals surface area contributed by atoms with Crippen molar-refractivity contribution >= 4 is 50.6 Å². The van der Waals surface area contributed by atoms with E-state index in [1.807, 2.05) is 55.6 Å². The molecule has 1 aliphatic rings. The molecule has 9 heteroatoms. The van der Waals surface area contributed by atoms with Crippen molar-refractivity contribution in [2.24, 2.45) is 4.99 Å². The number of carbonyl (C=O) groups excluding carboxylic acids is 1. The number of aromatic nitrogens is 1. The van der Waals surface area contributed by atoms with Crippen molar-refractivity contribution < 1.29 is 14.3 Å². The smallest absolute Gasteiger partial charge is 0.338 e. The Morgan fingerprint density at radius 2 is 2.12 bits per heavy atom. The molecule has 3 heterocycles. The van der Waals surface area contributed by atoms with Crippen LogP contribution in [0.2, 0.25) is 0 Å². The first-order chi connectivity index (χ1) is 15.8. The van der Waals surface area contributed by atoms with Gasteiger partial charge in [-0.3, -0.25) is 9.36 Å². The highest BCUT2D eigenvalue weighted by Gasteiger charge is 2.33. The van der Waals surface area contributed by atoms with E-state index in [1.54, 1.807) is 18.4 Å². The fourth-order valence-electron chi connectivity index (χ4n) is 3.64. The van der Waals surface area contributed by atoms with E-state index in [0.717, 1.165) is 14.9 Å². The molecule has 0 spiro atoms. The lowest BCUT2D eigenvalue weighted by Gasteiger charge is -2.23. The molecule has 2 aromatic heterocycles.